The van der Waals surface area contributed by atoms with Crippen LogP contribution in [-0.4, -0.2) is 54.5 Å². The standard InChI is InChI=1S/C22H31N5O.HI/c1-23-22(24-12-10-17-14-25-20-9-5-4-8-19(17)20)26-18-11-13-27(15-18)21(28)16-6-2-3-7-16;/h4-5,8-9,14,16,18,25H,2-3,6-7,10-13,15H2,1H3,(H2,23,24,26);1H. The predicted molar refractivity (Wildman–Crippen MR) is 129 cm³/mol. The molecule has 2 heterocycles. The number of aromatic amines is 1. The Bertz CT molecular complexity index is 843. The molecule has 1 aliphatic heterocycles. The molecule has 6 nitrogen and oxygen atoms in total. The fraction of sp³-hybridized carbons (Fsp3) is 0.545. The maximum absolute atomic E-state index is 12.6. The molecule has 2 fully saturated rings. The van der Waals surface area contributed by atoms with Gasteiger partial charge < -0.3 is 20.5 Å². The van der Waals surface area contributed by atoms with E-state index in [1.807, 2.05) is 4.90 Å². The molecule has 1 amide bonds. The number of halogens is 1. The van der Waals surface area contributed by atoms with E-state index in [2.05, 4.69) is 51.1 Å². The molecule has 158 valence electrons. The zero-order chi connectivity index (χ0) is 19.3. The number of guanidine groups is 1. The smallest absolute Gasteiger partial charge is 0.225 e. The summed E-state index contributed by atoms with van der Waals surface area (Å²) in [5.41, 5.74) is 2.49. The number of rotatable bonds is 5. The number of nitrogens with one attached hydrogen (secondary N) is 3. The quantitative estimate of drug-likeness (QED) is 0.329. The highest BCUT2D eigenvalue weighted by Gasteiger charge is 2.32. The van der Waals surface area contributed by atoms with Crippen molar-refractivity contribution in [3.8, 4) is 0 Å². The van der Waals surface area contributed by atoms with Crippen LogP contribution in [0.15, 0.2) is 35.5 Å². The van der Waals surface area contributed by atoms with Crippen LogP contribution >= 0.6 is 24.0 Å². The molecular weight excluding hydrogens is 477 g/mol. The van der Waals surface area contributed by atoms with Crippen LogP contribution in [0.2, 0.25) is 0 Å². The summed E-state index contributed by atoms with van der Waals surface area (Å²) in [6.07, 6.45) is 8.57. The minimum atomic E-state index is 0. The number of hydrogen-bond donors (Lipinski definition) is 3. The molecule has 29 heavy (non-hydrogen) atoms. The van der Waals surface area contributed by atoms with Crippen LogP contribution in [0.4, 0.5) is 0 Å². The molecule has 1 aromatic carbocycles. The lowest BCUT2D eigenvalue weighted by molar-refractivity contribution is -0.134. The number of benzene rings is 1. The van der Waals surface area contributed by atoms with Gasteiger partial charge in [-0.25, -0.2) is 0 Å². The summed E-state index contributed by atoms with van der Waals surface area (Å²) < 4.78 is 0. The monoisotopic (exact) mass is 509 g/mol. The lowest BCUT2D eigenvalue weighted by Crippen LogP contribution is -2.45. The topological polar surface area (TPSA) is 72.5 Å². The predicted octanol–water partition coefficient (Wildman–Crippen LogP) is 3.28. The molecule has 7 heteroatoms. The van der Waals surface area contributed by atoms with Gasteiger partial charge in [0.25, 0.3) is 0 Å². The molecule has 0 spiro atoms. The van der Waals surface area contributed by atoms with Crippen LogP contribution in [0.3, 0.4) is 0 Å². The number of aliphatic imine (C=N–C) groups is 1. The number of carbonyl (C=O) groups is 1. The summed E-state index contributed by atoms with van der Waals surface area (Å²) >= 11 is 0. The van der Waals surface area contributed by atoms with Gasteiger partial charge >= 0.3 is 0 Å². The van der Waals surface area contributed by atoms with Crippen LogP contribution in [0, 0.1) is 5.92 Å². The molecule has 0 bridgehead atoms. The van der Waals surface area contributed by atoms with Crippen LogP contribution in [0.1, 0.15) is 37.7 Å². The second-order valence-corrected chi connectivity index (χ2v) is 8.00. The highest BCUT2D eigenvalue weighted by atomic mass is 127. The third-order valence-corrected chi connectivity index (χ3v) is 6.13. The van der Waals surface area contributed by atoms with E-state index in [9.17, 15) is 4.79 Å². The van der Waals surface area contributed by atoms with E-state index >= 15 is 0 Å². The van der Waals surface area contributed by atoms with Crippen LogP contribution in [-0.2, 0) is 11.2 Å². The number of aromatic nitrogens is 1. The van der Waals surface area contributed by atoms with Crippen LogP contribution < -0.4 is 10.6 Å². The van der Waals surface area contributed by atoms with Gasteiger partial charge in [0, 0.05) is 55.7 Å². The van der Waals surface area contributed by atoms with Gasteiger partial charge in [0.05, 0.1) is 0 Å². The van der Waals surface area contributed by atoms with Crippen molar-refractivity contribution in [2.24, 2.45) is 10.9 Å². The molecular formula is C22H32IN5O. The number of nitrogens with zero attached hydrogens (tertiary/aromatic N) is 2. The third-order valence-electron chi connectivity index (χ3n) is 6.13. The van der Waals surface area contributed by atoms with E-state index in [4.69, 9.17) is 0 Å². The average molecular weight is 509 g/mol. The van der Waals surface area contributed by atoms with E-state index in [0.29, 0.717) is 5.91 Å². The molecule has 1 aliphatic carbocycles. The molecule has 1 saturated heterocycles. The molecule has 3 N–H and O–H groups in total. The Labute approximate surface area is 189 Å². The highest BCUT2D eigenvalue weighted by Crippen LogP contribution is 2.27. The lowest BCUT2D eigenvalue weighted by atomic mass is 10.1. The van der Waals surface area contributed by atoms with Gasteiger partial charge in [0.15, 0.2) is 5.96 Å². The van der Waals surface area contributed by atoms with Crippen molar-refractivity contribution in [1.29, 1.82) is 0 Å². The van der Waals surface area contributed by atoms with Gasteiger partial charge in [-0.15, -0.1) is 24.0 Å². The van der Waals surface area contributed by atoms with Gasteiger partial charge in [-0.3, -0.25) is 9.79 Å². The SMILES string of the molecule is CN=C(NCCc1c[nH]c2ccccc12)NC1CCN(C(=O)C2CCCC2)C1.I. The second kappa shape index (κ2) is 10.3. The molecule has 0 radical (unpaired) electrons. The number of likely N-dealkylation sites (tertiary alicyclic amines) is 1. The third kappa shape index (κ3) is 5.24. The van der Waals surface area contributed by atoms with Gasteiger partial charge in [-0.1, -0.05) is 31.0 Å². The Morgan fingerprint density at radius 3 is 2.83 bits per heavy atom. The highest BCUT2D eigenvalue weighted by molar-refractivity contribution is 14.0. The first-order chi connectivity index (χ1) is 13.7. The fourth-order valence-electron chi connectivity index (χ4n) is 4.55. The zero-order valence-electron chi connectivity index (χ0n) is 17.1. The number of hydrogen-bond acceptors (Lipinski definition) is 2. The first-order valence-electron chi connectivity index (χ1n) is 10.6. The lowest BCUT2D eigenvalue weighted by Gasteiger charge is -2.21. The molecule has 4 rings (SSSR count). The van der Waals surface area contributed by atoms with E-state index in [1.54, 1.807) is 7.05 Å². The van der Waals surface area contributed by atoms with Crippen molar-refractivity contribution < 1.29 is 4.79 Å². The molecule has 1 saturated carbocycles. The van der Waals surface area contributed by atoms with Gasteiger partial charge in [0.1, 0.15) is 0 Å². The zero-order valence-corrected chi connectivity index (χ0v) is 19.4. The summed E-state index contributed by atoms with van der Waals surface area (Å²) in [6.45, 7) is 2.47. The maximum Gasteiger partial charge on any atom is 0.225 e. The summed E-state index contributed by atoms with van der Waals surface area (Å²) in [5.74, 6) is 1.46. The summed E-state index contributed by atoms with van der Waals surface area (Å²) in [6, 6.07) is 8.67. The fourth-order valence-corrected chi connectivity index (χ4v) is 4.55. The molecule has 1 aromatic heterocycles. The van der Waals surface area contributed by atoms with Gasteiger partial charge in [-0.05, 0) is 37.3 Å². The van der Waals surface area contributed by atoms with Crippen LogP contribution in [0.25, 0.3) is 10.9 Å². The Kier molecular flexibility index (Phi) is 7.80. The molecule has 2 aromatic rings. The van der Waals surface area contributed by atoms with Crippen molar-refractivity contribution >= 4 is 46.7 Å². The summed E-state index contributed by atoms with van der Waals surface area (Å²) in [7, 11) is 1.80. The maximum atomic E-state index is 12.6. The molecule has 1 atom stereocenters. The number of fused-ring (bicyclic) bond motifs is 1. The number of carbonyl (C=O) groups excluding carboxylic acids is 1. The van der Waals surface area contributed by atoms with Crippen molar-refractivity contribution in [1.82, 2.24) is 20.5 Å². The van der Waals surface area contributed by atoms with Crippen molar-refractivity contribution in [2.45, 2.75) is 44.6 Å². The van der Waals surface area contributed by atoms with Crippen molar-refractivity contribution in [3.05, 3.63) is 36.0 Å². The Morgan fingerprint density at radius 2 is 2.03 bits per heavy atom. The van der Waals surface area contributed by atoms with Gasteiger partial charge in [0.2, 0.25) is 5.91 Å². The minimum absolute atomic E-state index is 0. The Hall–Kier alpha value is -1.77. The van der Waals surface area contributed by atoms with E-state index in [0.717, 1.165) is 51.3 Å². The number of H-pyrrole nitrogens is 1. The summed E-state index contributed by atoms with van der Waals surface area (Å²) in [4.78, 5) is 22.3. The van der Waals surface area contributed by atoms with Crippen LogP contribution in [0.5, 0.6) is 0 Å². The Morgan fingerprint density at radius 1 is 1.24 bits per heavy atom. The number of amides is 1. The Balaban J connectivity index is 0.00000240. The van der Waals surface area contributed by atoms with E-state index < -0.39 is 0 Å². The first kappa shape index (κ1) is 21.9. The first-order valence-corrected chi connectivity index (χ1v) is 10.6. The second-order valence-electron chi connectivity index (χ2n) is 8.00. The molecule has 1 unspecified atom stereocenters. The minimum Gasteiger partial charge on any atom is -0.361 e. The van der Waals surface area contributed by atoms with Crippen molar-refractivity contribution in [2.75, 3.05) is 26.7 Å². The summed E-state index contributed by atoms with van der Waals surface area (Å²) in [5, 5.41) is 8.20. The van der Waals surface area contributed by atoms with E-state index in [-0.39, 0.29) is 35.9 Å². The van der Waals surface area contributed by atoms with E-state index in [1.165, 1.54) is 29.3 Å². The number of para-hydroxylation sites is 1. The van der Waals surface area contributed by atoms with Crippen molar-refractivity contribution in [3.63, 3.8) is 0 Å². The molecule has 2 aliphatic rings. The van der Waals surface area contributed by atoms with Gasteiger partial charge in [-0.2, -0.15) is 0 Å². The largest absolute Gasteiger partial charge is 0.361 e. The average Bonchev–Trinajstić information content (AvgIpc) is 3.48. The normalized spacial score (nSPS) is 20.1.